The molecule has 1 rings (SSSR count). The summed E-state index contributed by atoms with van der Waals surface area (Å²) in [6.07, 6.45) is 3.20. The van der Waals surface area contributed by atoms with E-state index < -0.39 is 0 Å². The van der Waals surface area contributed by atoms with Crippen LogP contribution in [0.5, 0.6) is 0 Å². The maximum atomic E-state index is 4.54. The highest BCUT2D eigenvalue weighted by Crippen LogP contribution is 2.25. The molecule has 1 N–H and O–H groups in total. The Kier molecular flexibility index (Phi) is 5.67. The average Bonchev–Trinajstić information content (AvgIpc) is 2.58. The Morgan fingerprint density at radius 2 is 2.06 bits per heavy atom. The molecule has 0 spiro atoms. The number of aryl methyl sites for hydroxylation is 2. The molecule has 4 heteroatoms. The molecule has 0 fully saturated rings. The molecular weight excluding hydrogens is 278 g/mol. The second kappa shape index (κ2) is 6.55. The molecule has 1 aromatic heterocycles. The van der Waals surface area contributed by atoms with Crippen molar-refractivity contribution in [2.75, 3.05) is 7.05 Å². The van der Waals surface area contributed by atoms with Gasteiger partial charge in [0.2, 0.25) is 0 Å². The molecule has 0 aliphatic carbocycles. The van der Waals surface area contributed by atoms with Crippen molar-refractivity contribution in [3.8, 4) is 0 Å². The largest absolute Gasteiger partial charge is 0.317 e. The van der Waals surface area contributed by atoms with Gasteiger partial charge >= 0.3 is 0 Å². The van der Waals surface area contributed by atoms with Gasteiger partial charge in [-0.3, -0.25) is 4.68 Å². The molecule has 0 saturated carbocycles. The highest BCUT2D eigenvalue weighted by molar-refractivity contribution is 9.10. The molecule has 0 bridgehead atoms. The fraction of sp³-hybridized carbons (Fsp3) is 0.769. The fourth-order valence-electron chi connectivity index (χ4n) is 2.38. The molecule has 98 valence electrons. The van der Waals surface area contributed by atoms with Gasteiger partial charge in [0, 0.05) is 13.1 Å². The normalized spacial score (nSPS) is 14.9. The standard InChI is InChI=1S/C13H24BrN3/c1-6-10(15-4)9(3)8-12-13(14)11(7-2)16-17(12)5/h9-10,15H,6-8H2,1-5H3. The van der Waals surface area contributed by atoms with Crippen molar-refractivity contribution in [2.24, 2.45) is 13.0 Å². The SMILES string of the molecule is CCc1nn(C)c(CC(C)C(CC)NC)c1Br. The summed E-state index contributed by atoms with van der Waals surface area (Å²) in [6.45, 7) is 6.67. The Balaban J connectivity index is 2.84. The predicted octanol–water partition coefficient (Wildman–Crippen LogP) is 2.92. The van der Waals surface area contributed by atoms with Crippen molar-refractivity contribution < 1.29 is 0 Å². The molecule has 3 nitrogen and oxygen atoms in total. The first-order chi connectivity index (χ1) is 8.04. The van der Waals surface area contributed by atoms with Gasteiger partial charge in [-0.05, 0) is 48.2 Å². The van der Waals surface area contributed by atoms with Crippen LogP contribution < -0.4 is 5.32 Å². The van der Waals surface area contributed by atoms with E-state index in [1.807, 2.05) is 18.8 Å². The van der Waals surface area contributed by atoms with E-state index in [1.165, 1.54) is 10.2 Å². The topological polar surface area (TPSA) is 29.9 Å². The minimum absolute atomic E-state index is 0.571. The van der Waals surface area contributed by atoms with Crippen molar-refractivity contribution in [1.29, 1.82) is 0 Å². The van der Waals surface area contributed by atoms with Gasteiger partial charge in [0.15, 0.2) is 0 Å². The van der Waals surface area contributed by atoms with Crippen LogP contribution in [0.4, 0.5) is 0 Å². The Labute approximate surface area is 113 Å². The van der Waals surface area contributed by atoms with Crippen molar-refractivity contribution in [3.63, 3.8) is 0 Å². The Morgan fingerprint density at radius 3 is 2.47 bits per heavy atom. The molecule has 0 aliphatic heterocycles. The number of nitrogens with zero attached hydrogens (tertiary/aromatic N) is 2. The molecule has 1 aromatic rings. The lowest BCUT2D eigenvalue weighted by molar-refractivity contribution is 0.379. The number of rotatable bonds is 6. The van der Waals surface area contributed by atoms with E-state index in [-0.39, 0.29) is 0 Å². The van der Waals surface area contributed by atoms with Gasteiger partial charge in [-0.2, -0.15) is 5.10 Å². The summed E-state index contributed by atoms with van der Waals surface area (Å²) >= 11 is 3.68. The third-order valence-electron chi connectivity index (χ3n) is 3.52. The van der Waals surface area contributed by atoms with Crippen molar-refractivity contribution in [1.82, 2.24) is 15.1 Å². The molecule has 17 heavy (non-hydrogen) atoms. The van der Waals surface area contributed by atoms with Crippen LogP contribution in [0.25, 0.3) is 0 Å². The van der Waals surface area contributed by atoms with Crippen LogP contribution >= 0.6 is 15.9 Å². The second-order valence-corrected chi connectivity index (χ2v) is 5.46. The molecule has 0 amide bonds. The molecule has 0 aliphatic rings. The van der Waals surface area contributed by atoms with Gasteiger partial charge in [-0.1, -0.05) is 20.8 Å². The van der Waals surface area contributed by atoms with Gasteiger partial charge in [0.05, 0.1) is 15.9 Å². The Bertz CT molecular complexity index is 356. The minimum atomic E-state index is 0.571. The van der Waals surface area contributed by atoms with Crippen LogP contribution in [0.2, 0.25) is 0 Å². The summed E-state index contributed by atoms with van der Waals surface area (Å²) in [6, 6.07) is 0.571. The van der Waals surface area contributed by atoms with Crippen molar-refractivity contribution >= 4 is 15.9 Å². The van der Waals surface area contributed by atoms with Gasteiger partial charge in [0.1, 0.15) is 0 Å². The third kappa shape index (κ3) is 3.32. The summed E-state index contributed by atoms with van der Waals surface area (Å²) in [5, 5.41) is 7.93. The number of aromatic nitrogens is 2. The van der Waals surface area contributed by atoms with Crippen LogP contribution in [0.1, 0.15) is 38.6 Å². The molecule has 0 radical (unpaired) electrons. The molecule has 0 aromatic carbocycles. The number of nitrogens with one attached hydrogen (secondary N) is 1. The van der Waals surface area contributed by atoms with Crippen LogP contribution in [-0.4, -0.2) is 22.9 Å². The molecule has 2 unspecified atom stereocenters. The summed E-state index contributed by atoms with van der Waals surface area (Å²) < 4.78 is 3.21. The van der Waals surface area contributed by atoms with Crippen LogP contribution in [0.3, 0.4) is 0 Å². The van der Waals surface area contributed by atoms with E-state index in [2.05, 4.69) is 47.1 Å². The molecule has 0 saturated heterocycles. The van der Waals surface area contributed by atoms with Gasteiger partial charge < -0.3 is 5.32 Å². The van der Waals surface area contributed by atoms with Crippen molar-refractivity contribution in [3.05, 3.63) is 15.9 Å². The van der Waals surface area contributed by atoms with Crippen LogP contribution in [0, 0.1) is 5.92 Å². The Hall–Kier alpha value is -0.350. The zero-order valence-corrected chi connectivity index (χ0v) is 13.1. The summed E-state index contributed by atoms with van der Waals surface area (Å²) in [5.41, 5.74) is 2.47. The highest BCUT2D eigenvalue weighted by atomic mass is 79.9. The first-order valence-electron chi connectivity index (χ1n) is 6.42. The lowest BCUT2D eigenvalue weighted by Crippen LogP contribution is -2.32. The van der Waals surface area contributed by atoms with Crippen LogP contribution in [-0.2, 0) is 19.9 Å². The number of hydrogen-bond donors (Lipinski definition) is 1. The van der Waals surface area contributed by atoms with Gasteiger partial charge in [-0.25, -0.2) is 0 Å². The second-order valence-electron chi connectivity index (χ2n) is 4.67. The first kappa shape index (κ1) is 14.7. The first-order valence-corrected chi connectivity index (χ1v) is 7.21. The lowest BCUT2D eigenvalue weighted by Gasteiger charge is -2.22. The average molecular weight is 302 g/mol. The minimum Gasteiger partial charge on any atom is -0.317 e. The van der Waals surface area contributed by atoms with E-state index in [0.717, 1.165) is 25.0 Å². The van der Waals surface area contributed by atoms with Crippen molar-refractivity contribution in [2.45, 2.75) is 46.1 Å². The van der Waals surface area contributed by atoms with E-state index in [4.69, 9.17) is 0 Å². The summed E-state index contributed by atoms with van der Waals surface area (Å²) in [7, 11) is 4.08. The zero-order chi connectivity index (χ0) is 13.0. The molecular formula is C13H24BrN3. The lowest BCUT2D eigenvalue weighted by atomic mass is 9.94. The quantitative estimate of drug-likeness (QED) is 0.875. The monoisotopic (exact) mass is 301 g/mol. The maximum Gasteiger partial charge on any atom is 0.0766 e. The van der Waals surface area contributed by atoms with Gasteiger partial charge in [-0.15, -0.1) is 0 Å². The molecule has 2 atom stereocenters. The smallest absolute Gasteiger partial charge is 0.0766 e. The fourth-order valence-corrected chi connectivity index (χ4v) is 3.16. The summed E-state index contributed by atoms with van der Waals surface area (Å²) in [5.74, 6) is 0.612. The summed E-state index contributed by atoms with van der Waals surface area (Å²) in [4.78, 5) is 0. The number of halogens is 1. The van der Waals surface area contributed by atoms with E-state index in [9.17, 15) is 0 Å². The van der Waals surface area contributed by atoms with E-state index >= 15 is 0 Å². The van der Waals surface area contributed by atoms with Gasteiger partial charge in [0.25, 0.3) is 0 Å². The predicted molar refractivity (Wildman–Crippen MR) is 76.3 cm³/mol. The zero-order valence-electron chi connectivity index (χ0n) is 11.5. The highest BCUT2D eigenvalue weighted by Gasteiger charge is 2.19. The Morgan fingerprint density at radius 1 is 1.41 bits per heavy atom. The van der Waals surface area contributed by atoms with E-state index in [0.29, 0.717) is 12.0 Å². The third-order valence-corrected chi connectivity index (χ3v) is 4.43. The number of hydrogen-bond acceptors (Lipinski definition) is 2. The van der Waals surface area contributed by atoms with Crippen LogP contribution in [0.15, 0.2) is 4.47 Å². The maximum absolute atomic E-state index is 4.54. The molecule has 1 heterocycles. The van der Waals surface area contributed by atoms with E-state index in [1.54, 1.807) is 0 Å².